The first-order valence-corrected chi connectivity index (χ1v) is 7.21. The fourth-order valence-corrected chi connectivity index (χ4v) is 3.69. The predicted molar refractivity (Wildman–Crippen MR) is 79.5 cm³/mol. The van der Waals surface area contributed by atoms with E-state index >= 15 is 0 Å². The second-order valence-corrected chi connectivity index (χ2v) is 5.76. The van der Waals surface area contributed by atoms with E-state index in [2.05, 4.69) is 52.0 Å². The van der Waals surface area contributed by atoms with Gasteiger partial charge in [0.2, 0.25) is 0 Å². The van der Waals surface area contributed by atoms with Crippen molar-refractivity contribution in [1.29, 1.82) is 0 Å². The summed E-state index contributed by atoms with van der Waals surface area (Å²) in [6, 6.07) is 9.43. The van der Waals surface area contributed by atoms with Crippen LogP contribution in [0.15, 0.2) is 24.3 Å². The minimum atomic E-state index is 0.788. The highest BCUT2D eigenvalue weighted by Gasteiger charge is 2.36. The lowest BCUT2D eigenvalue weighted by atomic mass is 9.64. The summed E-state index contributed by atoms with van der Waals surface area (Å²) in [4.78, 5) is 0. The van der Waals surface area contributed by atoms with Crippen LogP contribution in [0.2, 0.25) is 0 Å². The molecule has 0 aliphatic heterocycles. The first kappa shape index (κ1) is 11.8. The standard InChI is InChI=1S/C18H22/c1-5-14-15(6-2)18-16(14)8-7-13-9-11(3)12(4)10-17(13)18/h7-10,14-15H,5-6H2,1-4H3/t14-,15+/m1/s1. The molecule has 1 aliphatic rings. The molecule has 2 aromatic carbocycles. The Morgan fingerprint density at radius 1 is 0.889 bits per heavy atom. The number of hydrogen-bond acceptors (Lipinski definition) is 0. The highest BCUT2D eigenvalue weighted by molar-refractivity contribution is 5.90. The van der Waals surface area contributed by atoms with Crippen molar-refractivity contribution in [3.05, 3.63) is 46.5 Å². The molecule has 2 aromatic rings. The largest absolute Gasteiger partial charge is 0.0648 e. The summed E-state index contributed by atoms with van der Waals surface area (Å²) in [6.07, 6.45) is 2.55. The van der Waals surface area contributed by atoms with Crippen LogP contribution in [0, 0.1) is 13.8 Å². The Morgan fingerprint density at radius 3 is 2.22 bits per heavy atom. The third-order valence-corrected chi connectivity index (χ3v) is 4.85. The Kier molecular flexibility index (Phi) is 2.69. The van der Waals surface area contributed by atoms with Gasteiger partial charge in [-0.2, -0.15) is 0 Å². The average molecular weight is 238 g/mol. The van der Waals surface area contributed by atoms with Gasteiger partial charge in [0.1, 0.15) is 0 Å². The smallest absolute Gasteiger partial charge is 0.00867 e. The molecule has 0 heteroatoms. The van der Waals surface area contributed by atoms with E-state index in [1.807, 2.05) is 0 Å². The molecule has 2 atom stereocenters. The molecule has 0 saturated carbocycles. The third-order valence-electron chi connectivity index (χ3n) is 4.85. The van der Waals surface area contributed by atoms with Crippen LogP contribution >= 0.6 is 0 Å². The topological polar surface area (TPSA) is 0 Å². The van der Waals surface area contributed by atoms with Gasteiger partial charge in [-0.25, -0.2) is 0 Å². The van der Waals surface area contributed by atoms with E-state index in [1.165, 1.54) is 34.7 Å². The van der Waals surface area contributed by atoms with Crippen molar-refractivity contribution >= 4 is 10.8 Å². The highest BCUT2D eigenvalue weighted by atomic mass is 14.4. The number of benzene rings is 2. The molecule has 0 nitrogen and oxygen atoms in total. The molecule has 0 amide bonds. The van der Waals surface area contributed by atoms with E-state index < -0.39 is 0 Å². The first-order valence-electron chi connectivity index (χ1n) is 7.21. The van der Waals surface area contributed by atoms with E-state index in [4.69, 9.17) is 0 Å². The summed E-state index contributed by atoms with van der Waals surface area (Å²) in [5.41, 5.74) is 6.08. The summed E-state index contributed by atoms with van der Waals surface area (Å²) in [5.74, 6) is 1.59. The second kappa shape index (κ2) is 4.12. The van der Waals surface area contributed by atoms with E-state index in [0.717, 1.165) is 11.8 Å². The van der Waals surface area contributed by atoms with E-state index in [9.17, 15) is 0 Å². The van der Waals surface area contributed by atoms with Crippen molar-refractivity contribution in [1.82, 2.24) is 0 Å². The zero-order valence-corrected chi connectivity index (χ0v) is 11.9. The molecule has 0 aromatic heterocycles. The summed E-state index contributed by atoms with van der Waals surface area (Å²) in [7, 11) is 0. The zero-order chi connectivity index (χ0) is 12.9. The average Bonchev–Trinajstić information content (AvgIpc) is 2.33. The predicted octanol–water partition coefficient (Wildman–Crippen LogP) is 5.46. The van der Waals surface area contributed by atoms with Crippen molar-refractivity contribution in [2.45, 2.75) is 52.4 Å². The maximum absolute atomic E-state index is 2.40. The Balaban J connectivity index is 2.27. The van der Waals surface area contributed by atoms with Crippen molar-refractivity contribution in [3.8, 4) is 0 Å². The maximum atomic E-state index is 2.40. The van der Waals surface area contributed by atoms with Gasteiger partial charge in [0.15, 0.2) is 0 Å². The van der Waals surface area contributed by atoms with Crippen molar-refractivity contribution in [3.63, 3.8) is 0 Å². The number of rotatable bonds is 2. The monoisotopic (exact) mass is 238 g/mol. The van der Waals surface area contributed by atoms with Crippen molar-refractivity contribution in [2.75, 3.05) is 0 Å². The van der Waals surface area contributed by atoms with Gasteiger partial charge < -0.3 is 0 Å². The number of aryl methyl sites for hydroxylation is 2. The normalized spacial score (nSPS) is 21.8. The van der Waals surface area contributed by atoms with Gasteiger partial charge in [-0.15, -0.1) is 0 Å². The molecule has 0 spiro atoms. The van der Waals surface area contributed by atoms with E-state index in [1.54, 1.807) is 11.1 Å². The molecule has 18 heavy (non-hydrogen) atoms. The van der Waals surface area contributed by atoms with Crippen LogP contribution in [0.1, 0.15) is 60.8 Å². The summed E-state index contributed by atoms with van der Waals surface area (Å²) in [6.45, 7) is 9.09. The molecule has 0 saturated heterocycles. The highest BCUT2D eigenvalue weighted by Crippen LogP contribution is 2.53. The summed E-state index contributed by atoms with van der Waals surface area (Å²) in [5, 5.41) is 2.93. The molecule has 1 aliphatic carbocycles. The van der Waals surface area contributed by atoms with Crippen LogP contribution in [-0.2, 0) is 0 Å². The minimum Gasteiger partial charge on any atom is -0.0648 e. The molecule has 0 fully saturated rings. The molecule has 3 rings (SSSR count). The van der Waals surface area contributed by atoms with Crippen LogP contribution in [0.4, 0.5) is 0 Å². The van der Waals surface area contributed by atoms with Gasteiger partial charge in [0.25, 0.3) is 0 Å². The molecule has 94 valence electrons. The fourth-order valence-electron chi connectivity index (χ4n) is 3.69. The van der Waals surface area contributed by atoms with Crippen LogP contribution < -0.4 is 0 Å². The van der Waals surface area contributed by atoms with Gasteiger partial charge in [0.05, 0.1) is 0 Å². The van der Waals surface area contributed by atoms with Crippen molar-refractivity contribution in [2.24, 2.45) is 0 Å². The van der Waals surface area contributed by atoms with Gasteiger partial charge in [0, 0.05) is 0 Å². The Morgan fingerprint density at radius 2 is 1.56 bits per heavy atom. The van der Waals surface area contributed by atoms with Crippen LogP contribution in [0.3, 0.4) is 0 Å². The van der Waals surface area contributed by atoms with Gasteiger partial charge >= 0.3 is 0 Å². The SMILES string of the molecule is CC[C@@H]1c2c(ccc3cc(C)c(C)cc23)[C@@H]1CC. The van der Waals surface area contributed by atoms with Crippen LogP contribution in [0.5, 0.6) is 0 Å². The van der Waals surface area contributed by atoms with E-state index in [0.29, 0.717) is 0 Å². The molecule has 0 radical (unpaired) electrons. The molecule has 0 unspecified atom stereocenters. The number of fused-ring (bicyclic) bond motifs is 3. The lowest BCUT2D eigenvalue weighted by molar-refractivity contribution is 0.450. The number of hydrogen-bond donors (Lipinski definition) is 0. The van der Waals surface area contributed by atoms with Gasteiger partial charge in [-0.05, 0) is 71.6 Å². The maximum Gasteiger partial charge on any atom is -0.00867 e. The van der Waals surface area contributed by atoms with Crippen LogP contribution in [-0.4, -0.2) is 0 Å². The molecule has 0 bridgehead atoms. The molecular weight excluding hydrogens is 216 g/mol. The third kappa shape index (κ3) is 1.44. The Labute approximate surface area is 110 Å². The fraction of sp³-hybridized carbons (Fsp3) is 0.444. The van der Waals surface area contributed by atoms with E-state index in [-0.39, 0.29) is 0 Å². The Bertz CT molecular complexity index is 607. The first-order chi connectivity index (χ1) is 8.67. The molecule has 0 N–H and O–H groups in total. The quantitative estimate of drug-likeness (QED) is 0.652. The zero-order valence-electron chi connectivity index (χ0n) is 11.9. The van der Waals surface area contributed by atoms with Gasteiger partial charge in [-0.3, -0.25) is 0 Å². The Hall–Kier alpha value is -1.30. The van der Waals surface area contributed by atoms with Gasteiger partial charge in [-0.1, -0.05) is 38.1 Å². The summed E-state index contributed by atoms with van der Waals surface area (Å²) < 4.78 is 0. The molecular formula is C18H22. The lowest BCUT2D eigenvalue weighted by Crippen LogP contribution is -2.23. The molecule has 0 heterocycles. The second-order valence-electron chi connectivity index (χ2n) is 5.76. The van der Waals surface area contributed by atoms with Crippen LogP contribution in [0.25, 0.3) is 10.8 Å². The minimum absolute atomic E-state index is 0.788. The van der Waals surface area contributed by atoms with Crippen molar-refractivity contribution < 1.29 is 0 Å². The summed E-state index contributed by atoms with van der Waals surface area (Å²) >= 11 is 0. The lowest BCUT2D eigenvalue weighted by Gasteiger charge is -2.40.